The third-order valence-electron chi connectivity index (χ3n) is 3.75. The minimum atomic E-state index is -0.260. The lowest BCUT2D eigenvalue weighted by atomic mass is 10.1. The van der Waals surface area contributed by atoms with Crippen molar-refractivity contribution in [3.63, 3.8) is 0 Å². The second-order valence-corrected chi connectivity index (χ2v) is 5.67. The largest absolute Gasteiger partial charge is 0.484 e. The molecule has 116 valence electrons. The maximum Gasteiger partial charge on any atom is 0.339 e. The highest BCUT2D eigenvalue weighted by atomic mass is 32.1. The van der Waals surface area contributed by atoms with Crippen molar-refractivity contribution in [2.45, 2.75) is 19.3 Å². The van der Waals surface area contributed by atoms with Gasteiger partial charge in [0.25, 0.3) is 5.91 Å². The summed E-state index contributed by atoms with van der Waals surface area (Å²) in [6.07, 6.45) is 2.68. The van der Waals surface area contributed by atoms with Crippen LogP contribution in [0.1, 0.15) is 17.5 Å². The molecule has 3 rings (SSSR count). The zero-order valence-electron chi connectivity index (χ0n) is 12.1. The fourth-order valence-electron chi connectivity index (χ4n) is 2.75. The second-order valence-electron chi connectivity index (χ2n) is 5.22. The quantitative estimate of drug-likeness (QED) is 0.650. The summed E-state index contributed by atoms with van der Waals surface area (Å²) in [5.74, 6) is 0.886. The summed E-state index contributed by atoms with van der Waals surface area (Å²) >= 11 is 4.02. The molecule has 6 heteroatoms. The number of carbonyl (C=O) groups excluding carboxylic acids is 1. The fourth-order valence-corrected chi connectivity index (χ4v) is 2.86. The van der Waals surface area contributed by atoms with E-state index in [9.17, 15) is 9.59 Å². The molecular formula is C16H17NO4S. The molecule has 0 spiro atoms. The van der Waals surface area contributed by atoms with E-state index in [0.717, 1.165) is 35.8 Å². The summed E-state index contributed by atoms with van der Waals surface area (Å²) in [4.78, 5) is 23.4. The molecule has 1 aliphatic rings. The van der Waals surface area contributed by atoms with Gasteiger partial charge in [-0.3, -0.25) is 4.79 Å². The topological polar surface area (TPSA) is 68.5 Å². The SMILES string of the molecule is O=C(COc1ccc2c3c(c(=O)oc2c1)CCC3)NCCS. The van der Waals surface area contributed by atoms with E-state index < -0.39 is 0 Å². The van der Waals surface area contributed by atoms with Gasteiger partial charge in [-0.25, -0.2) is 4.79 Å². The Hall–Kier alpha value is -1.95. The van der Waals surface area contributed by atoms with Gasteiger partial charge in [0.1, 0.15) is 11.3 Å². The number of rotatable bonds is 5. The van der Waals surface area contributed by atoms with Gasteiger partial charge in [0.15, 0.2) is 6.61 Å². The van der Waals surface area contributed by atoms with Crippen molar-refractivity contribution in [3.05, 3.63) is 39.7 Å². The zero-order valence-corrected chi connectivity index (χ0v) is 12.9. The highest BCUT2D eigenvalue weighted by Gasteiger charge is 2.19. The van der Waals surface area contributed by atoms with Gasteiger partial charge in [0, 0.05) is 29.3 Å². The van der Waals surface area contributed by atoms with Crippen LogP contribution in [0.25, 0.3) is 11.0 Å². The van der Waals surface area contributed by atoms with Crippen molar-refractivity contribution in [1.29, 1.82) is 0 Å². The summed E-state index contributed by atoms with van der Waals surface area (Å²) < 4.78 is 10.8. The normalized spacial score (nSPS) is 13.1. The van der Waals surface area contributed by atoms with Crippen molar-refractivity contribution in [3.8, 4) is 5.75 Å². The minimum absolute atomic E-state index is 0.0749. The number of amides is 1. The Morgan fingerprint density at radius 1 is 1.32 bits per heavy atom. The van der Waals surface area contributed by atoms with E-state index >= 15 is 0 Å². The summed E-state index contributed by atoms with van der Waals surface area (Å²) in [7, 11) is 0. The molecule has 2 aromatic rings. The standard InChI is InChI=1S/C16H17NO4S/c18-15(17-6-7-22)9-20-10-4-5-12-11-2-1-3-13(11)16(19)21-14(12)8-10/h4-5,8,22H,1-3,6-7,9H2,(H,17,18). The average Bonchev–Trinajstić information content (AvgIpc) is 3.01. The first-order valence-electron chi connectivity index (χ1n) is 7.28. The van der Waals surface area contributed by atoms with Gasteiger partial charge in [0.2, 0.25) is 0 Å². The first kappa shape index (κ1) is 15.0. The maximum atomic E-state index is 11.9. The van der Waals surface area contributed by atoms with Crippen molar-refractivity contribution < 1.29 is 13.9 Å². The van der Waals surface area contributed by atoms with E-state index in [1.54, 1.807) is 12.1 Å². The molecule has 0 atom stereocenters. The maximum absolute atomic E-state index is 11.9. The molecule has 5 nitrogen and oxygen atoms in total. The van der Waals surface area contributed by atoms with Crippen LogP contribution in [0.3, 0.4) is 0 Å². The molecule has 0 unspecified atom stereocenters. The molecule has 1 aliphatic carbocycles. The number of thiol groups is 1. The van der Waals surface area contributed by atoms with Gasteiger partial charge in [-0.05, 0) is 37.0 Å². The number of ether oxygens (including phenoxy) is 1. The van der Waals surface area contributed by atoms with Gasteiger partial charge in [-0.1, -0.05) is 0 Å². The Labute approximate surface area is 133 Å². The number of benzene rings is 1. The van der Waals surface area contributed by atoms with Crippen molar-refractivity contribution in [2.24, 2.45) is 0 Å². The lowest BCUT2D eigenvalue weighted by Crippen LogP contribution is -2.30. The van der Waals surface area contributed by atoms with E-state index in [2.05, 4.69) is 17.9 Å². The lowest BCUT2D eigenvalue weighted by Gasteiger charge is -2.08. The third kappa shape index (κ3) is 2.97. The minimum Gasteiger partial charge on any atom is -0.484 e. The van der Waals surface area contributed by atoms with Gasteiger partial charge >= 0.3 is 5.63 Å². The van der Waals surface area contributed by atoms with Crippen LogP contribution in [-0.4, -0.2) is 24.8 Å². The summed E-state index contributed by atoms with van der Waals surface area (Å²) in [6.45, 7) is 0.429. The molecule has 1 aromatic carbocycles. The van der Waals surface area contributed by atoms with Crippen LogP contribution in [0, 0.1) is 0 Å². The number of nitrogens with one attached hydrogen (secondary N) is 1. The molecule has 1 heterocycles. The number of fused-ring (bicyclic) bond motifs is 3. The highest BCUT2D eigenvalue weighted by Crippen LogP contribution is 2.29. The predicted octanol–water partition coefficient (Wildman–Crippen LogP) is 1.71. The lowest BCUT2D eigenvalue weighted by molar-refractivity contribution is -0.122. The van der Waals surface area contributed by atoms with Crippen LogP contribution in [-0.2, 0) is 17.6 Å². The fraction of sp³-hybridized carbons (Fsp3) is 0.375. The van der Waals surface area contributed by atoms with Crippen LogP contribution in [0.2, 0.25) is 0 Å². The van der Waals surface area contributed by atoms with Gasteiger partial charge in [-0.15, -0.1) is 0 Å². The van der Waals surface area contributed by atoms with Gasteiger partial charge < -0.3 is 14.5 Å². The Morgan fingerprint density at radius 3 is 2.95 bits per heavy atom. The van der Waals surface area contributed by atoms with Crippen molar-refractivity contribution in [2.75, 3.05) is 18.9 Å². The molecule has 1 amide bonds. The summed E-state index contributed by atoms with van der Waals surface area (Å²) in [5.41, 5.74) is 2.14. The van der Waals surface area contributed by atoms with Crippen LogP contribution in [0.5, 0.6) is 5.75 Å². The smallest absolute Gasteiger partial charge is 0.339 e. The van der Waals surface area contributed by atoms with E-state index in [4.69, 9.17) is 9.15 Å². The Bertz CT molecular complexity index is 769. The van der Waals surface area contributed by atoms with Crippen LogP contribution in [0.15, 0.2) is 27.4 Å². The van der Waals surface area contributed by atoms with Crippen LogP contribution in [0.4, 0.5) is 0 Å². The monoisotopic (exact) mass is 319 g/mol. The predicted molar refractivity (Wildman–Crippen MR) is 86.9 cm³/mol. The van der Waals surface area contributed by atoms with Crippen LogP contribution < -0.4 is 15.7 Å². The molecule has 0 aliphatic heterocycles. The number of aryl methyl sites for hydroxylation is 1. The Kier molecular flexibility index (Phi) is 4.38. The molecule has 0 saturated heterocycles. The van der Waals surface area contributed by atoms with Gasteiger partial charge in [-0.2, -0.15) is 12.6 Å². The van der Waals surface area contributed by atoms with Crippen LogP contribution >= 0.6 is 12.6 Å². The summed E-state index contributed by atoms with van der Waals surface area (Å²) in [6, 6.07) is 5.36. The second kappa shape index (κ2) is 6.44. The van der Waals surface area contributed by atoms with Crippen molar-refractivity contribution >= 4 is 29.5 Å². The van der Waals surface area contributed by atoms with E-state index in [1.807, 2.05) is 6.07 Å². The Balaban J connectivity index is 1.80. The van der Waals surface area contributed by atoms with Gasteiger partial charge in [0.05, 0.1) is 0 Å². The third-order valence-corrected chi connectivity index (χ3v) is 3.97. The number of hydrogen-bond acceptors (Lipinski definition) is 5. The molecular weight excluding hydrogens is 302 g/mol. The molecule has 1 N–H and O–H groups in total. The van der Waals surface area contributed by atoms with E-state index in [0.29, 0.717) is 23.6 Å². The average molecular weight is 319 g/mol. The highest BCUT2D eigenvalue weighted by molar-refractivity contribution is 7.80. The molecule has 22 heavy (non-hydrogen) atoms. The zero-order chi connectivity index (χ0) is 15.5. The molecule has 0 fully saturated rings. The molecule has 0 bridgehead atoms. The number of hydrogen-bond donors (Lipinski definition) is 2. The summed E-state index contributed by atoms with van der Waals surface area (Å²) in [5, 5.41) is 3.63. The van der Waals surface area contributed by atoms with E-state index in [1.165, 1.54) is 0 Å². The molecule has 0 saturated carbocycles. The molecule has 1 aromatic heterocycles. The molecule has 0 radical (unpaired) electrons. The Morgan fingerprint density at radius 2 is 2.14 bits per heavy atom. The van der Waals surface area contributed by atoms with Crippen molar-refractivity contribution in [1.82, 2.24) is 5.32 Å². The van der Waals surface area contributed by atoms with E-state index in [-0.39, 0.29) is 18.1 Å². The first-order valence-corrected chi connectivity index (χ1v) is 7.91. The number of carbonyl (C=O) groups is 1. The first-order chi connectivity index (χ1) is 10.7.